The second-order valence-electron chi connectivity index (χ2n) is 9.91. The first-order valence-electron chi connectivity index (χ1n) is 10.2. The van der Waals surface area contributed by atoms with E-state index in [4.69, 9.17) is 20.6 Å². The minimum absolute atomic E-state index is 0.163. The molecule has 1 spiro atoms. The smallest absolute Gasteiger partial charge is 0.419 e. The zero-order valence-electron chi connectivity index (χ0n) is 18.7. The van der Waals surface area contributed by atoms with Crippen molar-refractivity contribution in [3.05, 3.63) is 0 Å². The highest BCUT2D eigenvalue weighted by atomic mass is 16.6. The Morgan fingerprint density at radius 3 is 2.26 bits per heavy atom. The van der Waals surface area contributed by atoms with Gasteiger partial charge in [-0.15, -0.1) is 0 Å². The molecule has 2 amide bonds. The van der Waals surface area contributed by atoms with Gasteiger partial charge in [0, 0.05) is 6.54 Å². The van der Waals surface area contributed by atoms with E-state index < -0.39 is 53.8 Å². The Labute approximate surface area is 181 Å². The number of aliphatic hydroxyl groups excluding tert-OH is 2. The van der Waals surface area contributed by atoms with Gasteiger partial charge in [0.05, 0.1) is 12.6 Å². The van der Waals surface area contributed by atoms with Crippen molar-refractivity contribution in [1.29, 1.82) is 5.41 Å². The van der Waals surface area contributed by atoms with Crippen LogP contribution in [0.2, 0.25) is 0 Å². The first kappa shape index (κ1) is 23.1. The van der Waals surface area contributed by atoms with Gasteiger partial charge in [-0.05, 0) is 48.0 Å². The summed E-state index contributed by atoms with van der Waals surface area (Å²) >= 11 is 0. The van der Waals surface area contributed by atoms with Crippen LogP contribution in [0.3, 0.4) is 0 Å². The first-order valence-corrected chi connectivity index (χ1v) is 10.2. The minimum Gasteiger partial charge on any atom is -0.443 e. The molecule has 0 aromatic heterocycles. The molecule has 12 heteroatoms. The van der Waals surface area contributed by atoms with Gasteiger partial charge in [-0.3, -0.25) is 5.41 Å². The van der Waals surface area contributed by atoms with Gasteiger partial charge in [-0.1, -0.05) is 0 Å². The van der Waals surface area contributed by atoms with E-state index in [9.17, 15) is 19.8 Å². The van der Waals surface area contributed by atoms with Gasteiger partial charge < -0.3 is 30.3 Å². The number of ether oxygens (including phenoxy) is 2. The predicted octanol–water partition coefficient (Wildman–Crippen LogP) is 0.230. The lowest BCUT2D eigenvalue weighted by atomic mass is 9.86. The Bertz CT molecular complexity index is 818. The summed E-state index contributed by atoms with van der Waals surface area (Å²) in [6.07, 6.45) is -2.63. The highest BCUT2D eigenvalue weighted by Gasteiger charge is 2.71. The second-order valence-corrected chi connectivity index (χ2v) is 9.91. The first-order chi connectivity index (χ1) is 14.1. The zero-order valence-corrected chi connectivity index (χ0v) is 18.7. The van der Waals surface area contributed by atoms with Crippen LogP contribution in [-0.2, 0) is 9.47 Å². The largest absolute Gasteiger partial charge is 0.443 e. The van der Waals surface area contributed by atoms with Gasteiger partial charge in [0.25, 0.3) is 0 Å². The van der Waals surface area contributed by atoms with Crippen molar-refractivity contribution >= 4 is 24.1 Å². The zero-order chi connectivity index (χ0) is 23.5. The molecule has 1 unspecified atom stereocenters. The van der Waals surface area contributed by atoms with E-state index in [1.807, 2.05) is 0 Å². The average Bonchev–Trinajstić information content (AvgIpc) is 3.08. The maximum absolute atomic E-state index is 13.1. The summed E-state index contributed by atoms with van der Waals surface area (Å²) in [5.41, 5.74) is 2.84. The van der Waals surface area contributed by atoms with Gasteiger partial charge in [0.2, 0.25) is 11.9 Å². The lowest BCUT2D eigenvalue weighted by Crippen LogP contribution is -2.79. The molecule has 0 aromatic carbocycles. The van der Waals surface area contributed by atoms with Crippen molar-refractivity contribution in [3.63, 3.8) is 0 Å². The number of carbonyl (C=O) groups is 2. The van der Waals surface area contributed by atoms with Crippen LogP contribution in [-0.4, -0.2) is 97.2 Å². The molecular formula is C19H32N6O6. The normalized spacial score (nSPS) is 30.7. The Balaban J connectivity index is 2.09. The molecule has 3 aliphatic rings. The van der Waals surface area contributed by atoms with Crippen LogP contribution in [0, 0.1) is 5.41 Å². The van der Waals surface area contributed by atoms with Crippen molar-refractivity contribution in [2.45, 2.75) is 83.0 Å². The molecule has 0 saturated carbocycles. The Morgan fingerprint density at radius 2 is 1.74 bits per heavy atom. The number of hydrogen-bond acceptors (Lipinski definition) is 9. The Hall–Kier alpha value is -2.60. The highest BCUT2D eigenvalue weighted by molar-refractivity contribution is 6.00. The molecule has 0 aliphatic carbocycles. The molecule has 0 radical (unpaired) electrons. The summed E-state index contributed by atoms with van der Waals surface area (Å²) in [6, 6.07) is -2.11. The monoisotopic (exact) mass is 440 g/mol. The summed E-state index contributed by atoms with van der Waals surface area (Å²) in [5.74, 6) is -0.540. The standard InChI is InChI=1S/C19H32N6O6/c1-17(2,3)30-15(28)24-10(9-26)12-19(11(27)7-8-23(19)14(24)21)25(13(20)22-12)16(29)31-18(4,5)6/h10-12,21,26-27H,7-9H2,1-6H3,(H2,20,22)/t10-,11?,12-,19+/m0/s1. The third-order valence-corrected chi connectivity index (χ3v) is 5.38. The second kappa shape index (κ2) is 7.23. The van der Waals surface area contributed by atoms with Crippen molar-refractivity contribution in [2.75, 3.05) is 13.2 Å². The summed E-state index contributed by atoms with van der Waals surface area (Å²) in [5, 5.41) is 29.9. The number of aliphatic hydroxyl groups is 2. The number of hydrogen-bond donors (Lipinski definition) is 4. The van der Waals surface area contributed by atoms with Crippen LogP contribution >= 0.6 is 0 Å². The number of carbonyl (C=O) groups excluding carboxylic acids is 2. The lowest BCUT2D eigenvalue weighted by molar-refractivity contribution is -0.0849. The SMILES string of the molecule is CC(C)(C)OC(=O)N1C(=N)N2CCC(O)[C@@]23[C@@H](N=C(N)N3C(=O)OC(C)(C)C)[C@@H]1CO. The summed E-state index contributed by atoms with van der Waals surface area (Å²) in [6.45, 7) is 9.70. The van der Waals surface area contributed by atoms with Crippen molar-refractivity contribution in [1.82, 2.24) is 14.7 Å². The molecule has 0 aromatic rings. The fourth-order valence-electron chi connectivity index (χ4n) is 4.40. The molecule has 2 fully saturated rings. The van der Waals surface area contributed by atoms with Crippen LogP contribution in [0.4, 0.5) is 9.59 Å². The van der Waals surface area contributed by atoms with Gasteiger partial charge in [0.15, 0.2) is 5.66 Å². The summed E-state index contributed by atoms with van der Waals surface area (Å²) in [7, 11) is 0. The molecule has 4 atom stereocenters. The molecule has 2 saturated heterocycles. The van der Waals surface area contributed by atoms with Gasteiger partial charge in [-0.25, -0.2) is 24.4 Å². The molecule has 3 rings (SSSR count). The number of nitrogens with zero attached hydrogens (tertiary/aromatic N) is 4. The number of aliphatic imine (C=N–C) groups is 1. The molecule has 12 nitrogen and oxygen atoms in total. The highest BCUT2D eigenvalue weighted by Crippen LogP contribution is 2.47. The third-order valence-electron chi connectivity index (χ3n) is 5.38. The number of guanidine groups is 2. The molecule has 0 bridgehead atoms. The number of amides is 2. The van der Waals surface area contributed by atoms with E-state index in [0.29, 0.717) is 0 Å². The molecule has 174 valence electrons. The molecule has 3 aliphatic heterocycles. The van der Waals surface area contributed by atoms with Crippen molar-refractivity contribution in [3.8, 4) is 0 Å². The van der Waals surface area contributed by atoms with E-state index in [0.717, 1.165) is 9.80 Å². The molecule has 31 heavy (non-hydrogen) atoms. The topological polar surface area (TPSA) is 165 Å². The van der Waals surface area contributed by atoms with Crippen LogP contribution in [0.15, 0.2) is 4.99 Å². The molecule has 5 N–H and O–H groups in total. The van der Waals surface area contributed by atoms with E-state index >= 15 is 0 Å². The maximum atomic E-state index is 13.1. The van der Waals surface area contributed by atoms with Gasteiger partial charge >= 0.3 is 12.2 Å². The molecule has 3 heterocycles. The lowest BCUT2D eigenvalue weighted by Gasteiger charge is -2.54. The minimum atomic E-state index is -1.59. The van der Waals surface area contributed by atoms with Gasteiger partial charge in [-0.2, -0.15) is 0 Å². The van der Waals surface area contributed by atoms with Crippen LogP contribution in [0.25, 0.3) is 0 Å². The van der Waals surface area contributed by atoms with E-state index in [2.05, 4.69) is 4.99 Å². The molecular weight excluding hydrogens is 408 g/mol. The van der Waals surface area contributed by atoms with Crippen molar-refractivity contribution < 1.29 is 29.3 Å². The summed E-state index contributed by atoms with van der Waals surface area (Å²) < 4.78 is 10.9. The number of nitrogens with two attached hydrogens (primary N) is 1. The quantitative estimate of drug-likeness (QED) is 0.450. The van der Waals surface area contributed by atoms with E-state index in [-0.39, 0.29) is 24.9 Å². The predicted molar refractivity (Wildman–Crippen MR) is 110 cm³/mol. The van der Waals surface area contributed by atoms with E-state index in [1.165, 1.54) is 4.90 Å². The van der Waals surface area contributed by atoms with Crippen LogP contribution in [0.1, 0.15) is 48.0 Å². The summed E-state index contributed by atoms with van der Waals surface area (Å²) in [4.78, 5) is 33.8. The van der Waals surface area contributed by atoms with Crippen LogP contribution < -0.4 is 5.73 Å². The number of rotatable bonds is 1. The Morgan fingerprint density at radius 1 is 1.19 bits per heavy atom. The van der Waals surface area contributed by atoms with Gasteiger partial charge in [0.1, 0.15) is 23.3 Å². The fraction of sp³-hybridized carbons (Fsp3) is 0.789. The Kier molecular flexibility index (Phi) is 5.38. The van der Waals surface area contributed by atoms with E-state index in [1.54, 1.807) is 41.5 Å². The van der Waals surface area contributed by atoms with Crippen molar-refractivity contribution in [2.24, 2.45) is 10.7 Å². The van der Waals surface area contributed by atoms with Crippen LogP contribution in [0.5, 0.6) is 0 Å². The fourth-order valence-corrected chi connectivity index (χ4v) is 4.40. The third kappa shape index (κ3) is 3.57. The maximum Gasteiger partial charge on any atom is 0.419 e. The number of nitrogens with one attached hydrogen (secondary N) is 1. The average molecular weight is 441 g/mol.